The Balaban J connectivity index is 2.06. The summed E-state index contributed by atoms with van der Waals surface area (Å²) in [5.41, 5.74) is 7.28. The summed E-state index contributed by atoms with van der Waals surface area (Å²) in [6.45, 7) is 6.29. The highest BCUT2D eigenvalue weighted by atomic mass is 35.5. The highest BCUT2D eigenvalue weighted by Crippen LogP contribution is 2.31. The average molecular weight is 269 g/mol. The molecule has 1 saturated carbocycles. The molecule has 0 unspecified atom stereocenters. The summed E-state index contributed by atoms with van der Waals surface area (Å²) in [6, 6.07) is 2.17. The molecule has 2 N–H and O–H groups in total. The fraction of sp³-hybridized carbons (Fsp3) is 0.692. The Hall–Kier alpha value is -0.870. The van der Waals surface area contributed by atoms with Gasteiger partial charge in [-0.25, -0.2) is 0 Å². The summed E-state index contributed by atoms with van der Waals surface area (Å²) in [6.07, 6.45) is 4.21. The molecular formula is C13H21ClN4. The number of hydrogen-bond acceptors (Lipinski definition) is 4. The molecule has 2 rings (SSSR count). The van der Waals surface area contributed by atoms with Crippen molar-refractivity contribution in [1.82, 2.24) is 10.2 Å². The van der Waals surface area contributed by atoms with Crippen LogP contribution in [0.2, 0.25) is 5.15 Å². The van der Waals surface area contributed by atoms with Gasteiger partial charge in [0.2, 0.25) is 0 Å². The second-order valence-electron chi connectivity index (χ2n) is 5.17. The van der Waals surface area contributed by atoms with E-state index >= 15 is 0 Å². The van der Waals surface area contributed by atoms with Crippen molar-refractivity contribution in [2.75, 3.05) is 18.0 Å². The van der Waals surface area contributed by atoms with E-state index in [0.29, 0.717) is 23.0 Å². The van der Waals surface area contributed by atoms with Crippen molar-refractivity contribution >= 4 is 17.3 Å². The number of halogens is 1. The second kappa shape index (κ2) is 5.85. The van der Waals surface area contributed by atoms with Gasteiger partial charge in [0.15, 0.2) is 5.15 Å². The lowest BCUT2D eigenvalue weighted by atomic mass is 9.99. The number of nitrogens with two attached hydrogens (primary N) is 1. The van der Waals surface area contributed by atoms with Crippen molar-refractivity contribution in [2.24, 2.45) is 17.6 Å². The van der Waals surface area contributed by atoms with Gasteiger partial charge in [0.05, 0.1) is 11.9 Å². The summed E-state index contributed by atoms with van der Waals surface area (Å²) >= 11 is 5.89. The van der Waals surface area contributed by atoms with Crippen LogP contribution in [0.3, 0.4) is 0 Å². The Bertz CT molecular complexity index is 398. The number of rotatable bonds is 4. The molecule has 1 heterocycles. The molecule has 0 bridgehead atoms. The number of nitrogens with zero attached hydrogens (tertiary/aromatic N) is 3. The Labute approximate surface area is 114 Å². The van der Waals surface area contributed by atoms with Crippen molar-refractivity contribution in [3.8, 4) is 0 Å². The first kappa shape index (κ1) is 13.6. The average Bonchev–Trinajstić information content (AvgIpc) is 2.67. The predicted molar refractivity (Wildman–Crippen MR) is 74.8 cm³/mol. The molecular weight excluding hydrogens is 248 g/mol. The molecule has 0 aliphatic heterocycles. The van der Waals surface area contributed by atoms with Gasteiger partial charge < -0.3 is 10.6 Å². The minimum absolute atomic E-state index is 0.310. The molecule has 0 amide bonds. The SMILES string of the molecule is CCN(C[C@@H]1CC[C@H](C)[C@H]1N)c1cnnc(Cl)c1. The largest absolute Gasteiger partial charge is 0.370 e. The molecule has 100 valence electrons. The Morgan fingerprint density at radius 2 is 2.28 bits per heavy atom. The summed E-state index contributed by atoms with van der Waals surface area (Å²) in [5.74, 6) is 1.19. The van der Waals surface area contributed by atoms with Crippen LogP contribution in [0.25, 0.3) is 0 Å². The van der Waals surface area contributed by atoms with Crippen LogP contribution in [0.1, 0.15) is 26.7 Å². The van der Waals surface area contributed by atoms with Gasteiger partial charge in [-0.2, -0.15) is 5.10 Å². The van der Waals surface area contributed by atoms with Crippen LogP contribution in [-0.2, 0) is 0 Å². The summed E-state index contributed by atoms with van der Waals surface area (Å²) in [7, 11) is 0. The number of aromatic nitrogens is 2. The molecule has 0 saturated heterocycles. The zero-order valence-electron chi connectivity index (χ0n) is 11.0. The van der Waals surface area contributed by atoms with Crippen LogP contribution in [0.15, 0.2) is 12.3 Å². The minimum atomic E-state index is 0.310. The first-order valence-electron chi connectivity index (χ1n) is 6.60. The van der Waals surface area contributed by atoms with E-state index in [1.807, 2.05) is 6.07 Å². The first-order valence-corrected chi connectivity index (χ1v) is 6.98. The first-order chi connectivity index (χ1) is 8.61. The van der Waals surface area contributed by atoms with E-state index in [9.17, 15) is 0 Å². The zero-order chi connectivity index (χ0) is 13.1. The molecule has 3 atom stereocenters. The lowest BCUT2D eigenvalue weighted by Crippen LogP contribution is -2.38. The van der Waals surface area contributed by atoms with Crippen LogP contribution in [0.5, 0.6) is 0 Å². The van der Waals surface area contributed by atoms with Crippen molar-refractivity contribution in [1.29, 1.82) is 0 Å². The van der Waals surface area contributed by atoms with Gasteiger partial charge in [-0.15, -0.1) is 5.10 Å². The minimum Gasteiger partial charge on any atom is -0.370 e. The van der Waals surface area contributed by atoms with Crippen molar-refractivity contribution in [2.45, 2.75) is 32.7 Å². The molecule has 0 spiro atoms. The Kier molecular flexibility index (Phi) is 4.40. The van der Waals surface area contributed by atoms with Crippen LogP contribution in [-0.4, -0.2) is 29.3 Å². The third kappa shape index (κ3) is 2.93. The van der Waals surface area contributed by atoms with E-state index in [1.54, 1.807) is 6.20 Å². The van der Waals surface area contributed by atoms with Crippen LogP contribution < -0.4 is 10.6 Å². The monoisotopic (exact) mass is 268 g/mol. The molecule has 1 fully saturated rings. The van der Waals surface area contributed by atoms with Crippen LogP contribution in [0, 0.1) is 11.8 Å². The van der Waals surface area contributed by atoms with Crippen molar-refractivity contribution in [3.05, 3.63) is 17.4 Å². The molecule has 1 aromatic rings. The molecule has 0 radical (unpaired) electrons. The fourth-order valence-corrected chi connectivity index (χ4v) is 2.90. The molecule has 1 aliphatic carbocycles. The smallest absolute Gasteiger partial charge is 0.153 e. The third-order valence-corrected chi connectivity index (χ3v) is 4.19. The summed E-state index contributed by atoms with van der Waals surface area (Å²) in [4.78, 5) is 2.28. The van der Waals surface area contributed by atoms with Crippen molar-refractivity contribution < 1.29 is 0 Å². The highest BCUT2D eigenvalue weighted by molar-refractivity contribution is 6.29. The van der Waals surface area contributed by atoms with Crippen molar-refractivity contribution in [3.63, 3.8) is 0 Å². The van der Waals surface area contributed by atoms with E-state index in [1.165, 1.54) is 12.8 Å². The molecule has 5 heteroatoms. The van der Waals surface area contributed by atoms with E-state index < -0.39 is 0 Å². The van der Waals surface area contributed by atoms with Gasteiger partial charge in [-0.05, 0) is 31.6 Å². The van der Waals surface area contributed by atoms with Gasteiger partial charge in [0.1, 0.15) is 0 Å². The normalized spacial score (nSPS) is 27.4. The van der Waals surface area contributed by atoms with E-state index in [-0.39, 0.29) is 0 Å². The van der Waals surface area contributed by atoms with E-state index in [2.05, 4.69) is 28.9 Å². The maximum atomic E-state index is 6.25. The van der Waals surface area contributed by atoms with Gasteiger partial charge in [0.25, 0.3) is 0 Å². The van der Waals surface area contributed by atoms with E-state index in [0.717, 1.165) is 18.8 Å². The standard InChI is InChI=1S/C13H21ClN4/c1-3-18(11-6-12(14)17-16-7-11)8-10-5-4-9(2)13(10)15/h6-7,9-10,13H,3-5,8,15H2,1-2H3/t9-,10-,13+/m0/s1. The second-order valence-corrected chi connectivity index (χ2v) is 5.55. The van der Waals surface area contributed by atoms with Gasteiger partial charge in [-0.1, -0.05) is 18.5 Å². The fourth-order valence-electron chi connectivity index (χ4n) is 2.74. The number of hydrogen-bond donors (Lipinski definition) is 1. The molecule has 0 aromatic carbocycles. The van der Waals surface area contributed by atoms with Gasteiger partial charge in [0, 0.05) is 25.2 Å². The lowest BCUT2D eigenvalue weighted by molar-refractivity contribution is 0.427. The van der Waals surface area contributed by atoms with Crippen LogP contribution >= 0.6 is 11.6 Å². The highest BCUT2D eigenvalue weighted by Gasteiger charge is 2.31. The quantitative estimate of drug-likeness (QED) is 0.911. The lowest BCUT2D eigenvalue weighted by Gasteiger charge is -2.28. The third-order valence-electron chi connectivity index (χ3n) is 4.01. The molecule has 1 aromatic heterocycles. The zero-order valence-corrected chi connectivity index (χ0v) is 11.8. The summed E-state index contributed by atoms with van der Waals surface area (Å²) < 4.78 is 0. The van der Waals surface area contributed by atoms with Crippen LogP contribution in [0.4, 0.5) is 5.69 Å². The maximum Gasteiger partial charge on any atom is 0.153 e. The molecule has 4 nitrogen and oxygen atoms in total. The van der Waals surface area contributed by atoms with E-state index in [4.69, 9.17) is 17.3 Å². The van der Waals surface area contributed by atoms with Gasteiger partial charge >= 0.3 is 0 Å². The predicted octanol–water partition coefficient (Wildman–Crippen LogP) is 2.33. The maximum absolute atomic E-state index is 6.25. The number of anilines is 1. The summed E-state index contributed by atoms with van der Waals surface area (Å²) in [5, 5.41) is 8.13. The molecule has 1 aliphatic rings. The van der Waals surface area contributed by atoms with Gasteiger partial charge in [-0.3, -0.25) is 0 Å². The Morgan fingerprint density at radius 3 is 2.83 bits per heavy atom. The topological polar surface area (TPSA) is 55.0 Å². The molecule has 18 heavy (non-hydrogen) atoms. The Morgan fingerprint density at radius 1 is 1.50 bits per heavy atom.